The van der Waals surface area contributed by atoms with Crippen molar-refractivity contribution in [2.45, 2.75) is 20.4 Å². The van der Waals surface area contributed by atoms with Gasteiger partial charge in [0.05, 0.1) is 22.9 Å². The van der Waals surface area contributed by atoms with Gasteiger partial charge in [0.1, 0.15) is 6.54 Å². The van der Waals surface area contributed by atoms with Gasteiger partial charge in [0, 0.05) is 18.2 Å². The molecule has 0 aliphatic rings. The average Bonchev–Trinajstić information content (AvgIpc) is 3.18. The predicted molar refractivity (Wildman–Crippen MR) is 114 cm³/mol. The van der Waals surface area contributed by atoms with Crippen LogP contribution in [-0.2, 0) is 20.9 Å². The van der Waals surface area contributed by atoms with Gasteiger partial charge in [0.25, 0.3) is 0 Å². The van der Waals surface area contributed by atoms with E-state index in [1.807, 2.05) is 0 Å². The number of nitrogens with one attached hydrogen (secondary N) is 2. The molecule has 11 heteroatoms. The summed E-state index contributed by atoms with van der Waals surface area (Å²) in [6.07, 6.45) is 0. The molecule has 1 heterocycles. The van der Waals surface area contributed by atoms with Crippen LogP contribution in [0.1, 0.15) is 24.2 Å². The molecule has 0 spiro atoms. The van der Waals surface area contributed by atoms with Crippen LogP contribution in [0.2, 0.25) is 5.02 Å². The van der Waals surface area contributed by atoms with Crippen LogP contribution in [0.5, 0.6) is 0 Å². The van der Waals surface area contributed by atoms with Crippen LogP contribution in [0.15, 0.2) is 42.5 Å². The topological polar surface area (TPSA) is 128 Å². The lowest BCUT2D eigenvalue weighted by Gasteiger charge is -2.07. The molecule has 3 aromatic rings. The summed E-state index contributed by atoms with van der Waals surface area (Å²) in [5.74, 6) is -0.834. The first-order chi connectivity index (χ1) is 14.9. The molecule has 1 aromatic heterocycles. The van der Waals surface area contributed by atoms with E-state index in [1.54, 1.807) is 43.3 Å². The van der Waals surface area contributed by atoms with Gasteiger partial charge in [0.15, 0.2) is 0 Å². The predicted octanol–water partition coefficient (Wildman–Crippen LogP) is 2.77. The number of aromatic nitrogens is 4. The lowest BCUT2D eigenvalue weighted by Crippen LogP contribution is -2.20. The highest BCUT2D eigenvalue weighted by atomic mass is 35.5. The Hall–Kier alpha value is -3.79. The number of halogens is 1. The highest BCUT2D eigenvalue weighted by Crippen LogP contribution is 2.26. The van der Waals surface area contributed by atoms with Gasteiger partial charge in [-0.15, -0.1) is 10.2 Å². The Morgan fingerprint density at radius 2 is 1.94 bits per heavy atom. The van der Waals surface area contributed by atoms with Crippen molar-refractivity contribution in [3.63, 3.8) is 0 Å². The molecule has 31 heavy (non-hydrogen) atoms. The number of amides is 2. The highest BCUT2D eigenvalue weighted by molar-refractivity contribution is 6.34. The minimum absolute atomic E-state index is 0.186. The van der Waals surface area contributed by atoms with E-state index in [2.05, 4.69) is 26.0 Å². The molecule has 10 nitrogen and oxygen atoms in total. The molecule has 0 saturated heterocycles. The summed E-state index contributed by atoms with van der Waals surface area (Å²) in [4.78, 5) is 36.4. The first-order valence-electron chi connectivity index (χ1n) is 9.28. The first-order valence-corrected chi connectivity index (χ1v) is 9.66. The summed E-state index contributed by atoms with van der Waals surface area (Å²) in [6, 6.07) is 11.3. The van der Waals surface area contributed by atoms with E-state index < -0.39 is 11.9 Å². The number of anilines is 2. The SMILES string of the molecule is CCOC(=O)c1cccc(NC(=O)Cn2nnc(-c3ccc(NC(C)=O)c(Cl)c3)n2)c1. The fraction of sp³-hybridized carbons (Fsp3) is 0.200. The van der Waals surface area contributed by atoms with Crippen molar-refractivity contribution in [2.75, 3.05) is 17.2 Å². The fourth-order valence-electron chi connectivity index (χ4n) is 2.64. The zero-order valence-electron chi connectivity index (χ0n) is 16.8. The number of esters is 1. The molecule has 0 saturated carbocycles. The van der Waals surface area contributed by atoms with Gasteiger partial charge in [-0.25, -0.2) is 4.79 Å². The Morgan fingerprint density at radius 1 is 1.13 bits per heavy atom. The Balaban J connectivity index is 1.65. The quantitative estimate of drug-likeness (QED) is 0.538. The van der Waals surface area contributed by atoms with Crippen molar-refractivity contribution in [1.82, 2.24) is 20.2 Å². The molecule has 2 N–H and O–H groups in total. The largest absolute Gasteiger partial charge is 0.462 e. The lowest BCUT2D eigenvalue weighted by atomic mass is 10.2. The molecule has 2 amide bonds. The van der Waals surface area contributed by atoms with E-state index in [0.717, 1.165) is 4.80 Å². The van der Waals surface area contributed by atoms with Crippen molar-refractivity contribution < 1.29 is 19.1 Å². The van der Waals surface area contributed by atoms with Crippen LogP contribution < -0.4 is 10.6 Å². The number of rotatable bonds is 7. The molecule has 0 unspecified atom stereocenters. The van der Waals surface area contributed by atoms with Crippen molar-refractivity contribution in [1.29, 1.82) is 0 Å². The van der Waals surface area contributed by atoms with Crippen LogP contribution in [0.25, 0.3) is 11.4 Å². The monoisotopic (exact) mass is 442 g/mol. The number of ether oxygens (including phenoxy) is 1. The fourth-order valence-corrected chi connectivity index (χ4v) is 2.87. The maximum atomic E-state index is 12.3. The van der Waals surface area contributed by atoms with Gasteiger partial charge < -0.3 is 15.4 Å². The zero-order chi connectivity index (χ0) is 22.4. The number of carbonyl (C=O) groups is 3. The standard InChI is InChI=1S/C20H19ClN6O4/c1-3-31-20(30)14-5-4-6-15(9-14)23-18(29)11-27-25-19(24-26-27)13-7-8-17(16(21)10-13)22-12(2)28/h4-10H,3,11H2,1-2H3,(H,22,28)(H,23,29). The first kappa shape index (κ1) is 21.9. The van der Waals surface area contributed by atoms with Crippen LogP contribution in [0.4, 0.5) is 11.4 Å². The minimum atomic E-state index is -0.468. The van der Waals surface area contributed by atoms with E-state index in [1.165, 1.54) is 13.0 Å². The second kappa shape index (κ2) is 9.81. The van der Waals surface area contributed by atoms with Crippen molar-refractivity contribution >= 4 is 40.8 Å². The van der Waals surface area contributed by atoms with Crippen LogP contribution in [-0.4, -0.2) is 44.6 Å². The maximum Gasteiger partial charge on any atom is 0.338 e. The molecule has 3 rings (SSSR count). The summed E-state index contributed by atoms with van der Waals surface area (Å²) >= 11 is 6.16. The molecule has 0 aliphatic heterocycles. The van der Waals surface area contributed by atoms with E-state index in [4.69, 9.17) is 16.3 Å². The second-order valence-corrected chi connectivity index (χ2v) is 6.78. The molecule has 2 aromatic carbocycles. The zero-order valence-corrected chi connectivity index (χ0v) is 17.5. The molecular weight excluding hydrogens is 424 g/mol. The van der Waals surface area contributed by atoms with E-state index >= 15 is 0 Å². The van der Waals surface area contributed by atoms with Crippen molar-refractivity contribution in [3.05, 3.63) is 53.1 Å². The van der Waals surface area contributed by atoms with Gasteiger partial charge >= 0.3 is 5.97 Å². The Labute approximate surface area is 182 Å². The molecule has 0 radical (unpaired) electrons. The minimum Gasteiger partial charge on any atom is -0.462 e. The Morgan fingerprint density at radius 3 is 2.65 bits per heavy atom. The van der Waals surface area contributed by atoms with E-state index in [-0.39, 0.29) is 24.9 Å². The third-order valence-electron chi connectivity index (χ3n) is 3.93. The number of hydrogen-bond acceptors (Lipinski definition) is 7. The van der Waals surface area contributed by atoms with Gasteiger partial charge in [-0.1, -0.05) is 17.7 Å². The summed E-state index contributed by atoms with van der Waals surface area (Å²) in [5.41, 5.74) is 1.82. The molecule has 0 fully saturated rings. The van der Waals surface area contributed by atoms with Gasteiger partial charge in [-0.3, -0.25) is 9.59 Å². The Kier molecular flexibility index (Phi) is 6.93. The molecule has 0 aliphatic carbocycles. The van der Waals surface area contributed by atoms with E-state index in [0.29, 0.717) is 27.5 Å². The van der Waals surface area contributed by atoms with Gasteiger partial charge in [0.2, 0.25) is 17.6 Å². The number of carbonyl (C=O) groups excluding carboxylic acids is 3. The highest BCUT2D eigenvalue weighted by Gasteiger charge is 2.13. The lowest BCUT2D eigenvalue weighted by molar-refractivity contribution is -0.117. The maximum absolute atomic E-state index is 12.3. The van der Waals surface area contributed by atoms with E-state index in [9.17, 15) is 14.4 Å². The summed E-state index contributed by atoms with van der Waals surface area (Å²) in [7, 11) is 0. The van der Waals surface area contributed by atoms with Crippen LogP contribution in [0.3, 0.4) is 0 Å². The van der Waals surface area contributed by atoms with Gasteiger partial charge in [-0.05, 0) is 48.5 Å². The average molecular weight is 443 g/mol. The smallest absolute Gasteiger partial charge is 0.338 e. The molecular formula is C20H19ClN6O4. The summed E-state index contributed by atoms with van der Waals surface area (Å²) in [6.45, 7) is 3.18. The van der Waals surface area contributed by atoms with Crippen LogP contribution >= 0.6 is 11.6 Å². The molecule has 0 bridgehead atoms. The van der Waals surface area contributed by atoms with Crippen molar-refractivity contribution in [2.24, 2.45) is 0 Å². The molecule has 0 atom stereocenters. The summed E-state index contributed by atoms with van der Waals surface area (Å²) in [5, 5.41) is 17.6. The summed E-state index contributed by atoms with van der Waals surface area (Å²) < 4.78 is 4.95. The van der Waals surface area contributed by atoms with Crippen LogP contribution in [0, 0.1) is 0 Å². The molecule has 160 valence electrons. The normalized spacial score (nSPS) is 10.4. The number of nitrogens with zero attached hydrogens (tertiary/aromatic N) is 4. The number of tetrazole rings is 1. The number of benzene rings is 2. The number of hydrogen-bond donors (Lipinski definition) is 2. The second-order valence-electron chi connectivity index (χ2n) is 6.37. The van der Waals surface area contributed by atoms with Crippen molar-refractivity contribution in [3.8, 4) is 11.4 Å². The third-order valence-corrected chi connectivity index (χ3v) is 4.25. The Bertz CT molecular complexity index is 1130. The third kappa shape index (κ3) is 5.86. The van der Waals surface area contributed by atoms with Gasteiger partial charge in [-0.2, -0.15) is 4.80 Å².